The predicted octanol–water partition coefficient (Wildman–Crippen LogP) is 4.35. The molecule has 1 aliphatic heterocycles. The van der Waals surface area contributed by atoms with Gasteiger partial charge in [-0.25, -0.2) is 5.01 Å². The lowest BCUT2D eigenvalue weighted by Crippen LogP contribution is -2.52. The van der Waals surface area contributed by atoms with Gasteiger partial charge in [0.05, 0.1) is 22.4 Å². The number of Topliss-reactive ketones (excluding diaryl/α,β-unsaturated/α-hetero) is 1. The summed E-state index contributed by atoms with van der Waals surface area (Å²) >= 11 is 12.2. The van der Waals surface area contributed by atoms with E-state index >= 15 is 0 Å². The lowest BCUT2D eigenvalue weighted by molar-refractivity contribution is -0.154. The first-order chi connectivity index (χ1) is 15.8. The molecule has 2 bridgehead atoms. The summed E-state index contributed by atoms with van der Waals surface area (Å²) in [5, 5.41) is 2.23. The van der Waals surface area contributed by atoms with Gasteiger partial charge in [-0.3, -0.25) is 19.2 Å². The fourth-order valence-corrected chi connectivity index (χ4v) is 5.62. The van der Waals surface area contributed by atoms with Crippen LogP contribution < -0.4 is 0 Å². The molecular weight excluding hydrogens is 463 g/mol. The van der Waals surface area contributed by atoms with Crippen molar-refractivity contribution in [1.29, 1.82) is 0 Å². The van der Waals surface area contributed by atoms with E-state index in [-0.39, 0.29) is 22.4 Å². The van der Waals surface area contributed by atoms with E-state index in [1.54, 1.807) is 24.3 Å². The van der Waals surface area contributed by atoms with Crippen molar-refractivity contribution >= 4 is 46.7 Å². The number of nitrogens with zero attached hydrogens (tertiary/aromatic N) is 2. The molecule has 4 atom stereocenters. The molecule has 0 N–H and O–H groups in total. The van der Waals surface area contributed by atoms with Gasteiger partial charge in [0.2, 0.25) is 0 Å². The first kappa shape index (κ1) is 21.9. The Morgan fingerprint density at radius 1 is 0.970 bits per heavy atom. The Kier molecular flexibility index (Phi) is 5.38. The van der Waals surface area contributed by atoms with Gasteiger partial charge in [-0.05, 0) is 43.4 Å². The maximum Gasteiger partial charge on any atom is 0.274 e. The van der Waals surface area contributed by atoms with Crippen molar-refractivity contribution in [3.8, 4) is 0 Å². The summed E-state index contributed by atoms with van der Waals surface area (Å²) in [7, 11) is 0. The lowest BCUT2D eigenvalue weighted by atomic mass is 9.85. The molecule has 0 radical (unpaired) electrons. The van der Waals surface area contributed by atoms with Gasteiger partial charge >= 0.3 is 0 Å². The van der Waals surface area contributed by atoms with Crippen LogP contribution in [0.2, 0.25) is 10.0 Å². The maximum absolute atomic E-state index is 13.6. The Morgan fingerprint density at radius 3 is 2.15 bits per heavy atom. The standard InChI is InChI=1S/C25H20Cl2N2O4/c1-13-2-4-14(5-3-13)20(30)12-28(23(31)18-9-8-17(26)11-19(18)27)29-24(32)21-15-6-7-16(10-15)22(21)25(29)33/h2-9,11,15-16,21-22H,10,12H2,1H3/t15-,16-,21-,22+/m0/s1. The van der Waals surface area contributed by atoms with Crippen LogP contribution in [0.15, 0.2) is 54.6 Å². The molecule has 0 spiro atoms. The second kappa shape index (κ2) is 8.12. The molecule has 3 amide bonds. The molecule has 1 saturated heterocycles. The number of allylic oxidation sites excluding steroid dienone is 2. The van der Waals surface area contributed by atoms with Crippen molar-refractivity contribution in [3.63, 3.8) is 0 Å². The number of amides is 3. The molecule has 3 aliphatic rings. The average Bonchev–Trinajstić information content (AvgIpc) is 3.46. The third-order valence-corrected chi connectivity index (χ3v) is 7.30. The van der Waals surface area contributed by atoms with Crippen LogP contribution in [0.5, 0.6) is 0 Å². The maximum atomic E-state index is 13.6. The van der Waals surface area contributed by atoms with Gasteiger partial charge in [-0.2, -0.15) is 5.01 Å². The van der Waals surface area contributed by atoms with E-state index < -0.39 is 41.9 Å². The summed E-state index contributed by atoms with van der Waals surface area (Å²) in [5.41, 5.74) is 1.41. The number of carbonyl (C=O) groups excluding carboxylic acids is 4. The quantitative estimate of drug-likeness (QED) is 0.360. The molecule has 1 heterocycles. The molecular formula is C25H20Cl2N2O4. The van der Waals surface area contributed by atoms with Gasteiger partial charge < -0.3 is 0 Å². The zero-order valence-electron chi connectivity index (χ0n) is 17.7. The first-order valence-electron chi connectivity index (χ1n) is 10.7. The number of rotatable bonds is 5. The molecule has 2 aromatic carbocycles. The number of halogens is 2. The minimum absolute atomic E-state index is 0.0229. The van der Waals surface area contributed by atoms with Crippen LogP contribution in [-0.2, 0) is 9.59 Å². The lowest BCUT2D eigenvalue weighted by Gasteiger charge is -2.31. The van der Waals surface area contributed by atoms with Crippen molar-refractivity contribution in [2.45, 2.75) is 13.3 Å². The van der Waals surface area contributed by atoms with Crippen LogP contribution in [0.3, 0.4) is 0 Å². The fraction of sp³-hybridized carbons (Fsp3) is 0.280. The molecule has 0 aromatic heterocycles. The number of hydrazine groups is 1. The van der Waals surface area contributed by atoms with Crippen LogP contribution in [0.25, 0.3) is 0 Å². The highest BCUT2D eigenvalue weighted by atomic mass is 35.5. The van der Waals surface area contributed by atoms with Crippen LogP contribution in [0, 0.1) is 30.6 Å². The predicted molar refractivity (Wildman–Crippen MR) is 123 cm³/mol. The van der Waals surface area contributed by atoms with Gasteiger partial charge in [0.1, 0.15) is 6.54 Å². The molecule has 2 aromatic rings. The van der Waals surface area contributed by atoms with E-state index in [4.69, 9.17) is 23.2 Å². The Labute approximate surface area is 200 Å². The topological polar surface area (TPSA) is 74.8 Å². The molecule has 6 nitrogen and oxygen atoms in total. The Balaban J connectivity index is 1.52. The van der Waals surface area contributed by atoms with Crippen LogP contribution in [-0.4, -0.2) is 40.1 Å². The number of benzene rings is 2. The zero-order chi connectivity index (χ0) is 23.4. The van der Waals surface area contributed by atoms with Gasteiger partial charge in [-0.15, -0.1) is 0 Å². The van der Waals surface area contributed by atoms with Crippen molar-refractivity contribution in [2.75, 3.05) is 6.54 Å². The van der Waals surface area contributed by atoms with Crippen LogP contribution in [0.1, 0.15) is 32.7 Å². The number of ketones is 1. The van der Waals surface area contributed by atoms with Gasteiger partial charge in [0.25, 0.3) is 17.7 Å². The SMILES string of the molecule is Cc1ccc(C(=O)CN(C(=O)c2ccc(Cl)cc2Cl)N2C(=O)[C@@H]3[C@H](C2=O)[C@H]2C=C[C@H]3C2)cc1. The van der Waals surface area contributed by atoms with Gasteiger partial charge in [0, 0.05) is 10.6 Å². The summed E-state index contributed by atoms with van der Waals surface area (Å²) in [5.74, 6) is -3.05. The summed E-state index contributed by atoms with van der Waals surface area (Å²) < 4.78 is 0. The molecule has 2 fully saturated rings. The average molecular weight is 483 g/mol. The van der Waals surface area contributed by atoms with E-state index in [1.807, 2.05) is 19.1 Å². The summed E-state index contributed by atoms with van der Waals surface area (Å²) in [6.07, 6.45) is 4.71. The molecule has 33 heavy (non-hydrogen) atoms. The highest BCUT2D eigenvalue weighted by Crippen LogP contribution is 2.52. The number of hydrogen-bond donors (Lipinski definition) is 0. The molecule has 8 heteroatoms. The number of imide groups is 1. The van der Waals surface area contributed by atoms with Gasteiger partial charge in [-0.1, -0.05) is 65.2 Å². The van der Waals surface area contributed by atoms with Crippen LogP contribution in [0.4, 0.5) is 0 Å². The van der Waals surface area contributed by atoms with E-state index in [1.165, 1.54) is 18.2 Å². The monoisotopic (exact) mass is 482 g/mol. The van der Waals surface area contributed by atoms with E-state index in [2.05, 4.69) is 0 Å². The smallest absolute Gasteiger partial charge is 0.274 e. The Morgan fingerprint density at radius 2 is 1.58 bits per heavy atom. The second-order valence-electron chi connectivity index (χ2n) is 8.76. The van der Waals surface area contributed by atoms with E-state index in [0.29, 0.717) is 10.6 Å². The number of aryl methyl sites for hydroxylation is 1. The summed E-state index contributed by atoms with van der Waals surface area (Å²) in [6, 6.07) is 11.2. The molecule has 0 unspecified atom stereocenters. The second-order valence-corrected chi connectivity index (χ2v) is 9.61. The first-order valence-corrected chi connectivity index (χ1v) is 11.4. The third-order valence-electron chi connectivity index (χ3n) is 6.75. The number of fused-ring (bicyclic) bond motifs is 5. The minimum Gasteiger partial charge on any atom is -0.292 e. The van der Waals surface area contributed by atoms with Crippen LogP contribution >= 0.6 is 23.2 Å². The fourth-order valence-electron chi connectivity index (χ4n) is 5.13. The molecule has 168 valence electrons. The Hall–Kier alpha value is -2.96. The third kappa shape index (κ3) is 3.58. The number of carbonyl (C=O) groups is 4. The highest BCUT2D eigenvalue weighted by Gasteiger charge is 2.61. The minimum atomic E-state index is -0.709. The summed E-state index contributed by atoms with van der Waals surface area (Å²) in [4.78, 5) is 53.4. The van der Waals surface area contributed by atoms with E-state index in [9.17, 15) is 19.2 Å². The number of hydrogen-bond acceptors (Lipinski definition) is 4. The molecule has 1 saturated carbocycles. The largest absolute Gasteiger partial charge is 0.292 e. The van der Waals surface area contributed by atoms with Crippen molar-refractivity contribution in [2.24, 2.45) is 23.7 Å². The zero-order valence-corrected chi connectivity index (χ0v) is 19.2. The van der Waals surface area contributed by atoms with E-state index in [0.717, 1.165) is 22.0 Å². The van der Waals surface area contributed by atoms with Gasteiger partial charge in [0.15, 0.2) is 5.78 Å². The molecule has 5 rings (SSSR count). The molecule has 2 aliphatic carbocycles. The van der Waals surface area contributed by atoms with Crippen molar-refractivity contribution in [3.05, 3.63) is 81.4 Å². The van der Waals surface area contributed by atoms with Crippen molar-refractivity contribution in [1.82, 2.24) is 10.0 Å². The van der Waals surface area contributed by atoms with Crippen molar-refractivity contribution < 1.29 is 19.2 Å². The normalized spacial score (nSPS) is 25.0. The highest BCUT2D eigenvalue weighted by molar-refractivity contribution is 6.36. The Bertz CT molecular complexity index is 1190. The summed E-state index contributed by atoms with van der Waals surface area (Å²) in [6.45, 7) is 1.43.